The van der Waals surface area contributed by atoms with E-state index in [1.807, 2.05) is 66.2 Å². The topological polar surface area (TPSA) is 90.2 Å². The summed E-state index contributed by atoms with van der Waals surface area (Å²) in [6, 6.07) is 23.8. The number of amides is 2. The second kappa shape index (κ2) is 11.7. The van der Waals surface area contributed by atoms with Gasteiger partial charge in [-0.2, -0.15) is 5.10 Å². The van der Waals surface area contributed by atoms with Gasteiger partial charge in [-0.05, 0) is 60.0 Å². The summed E-state index contributed by atoms with van der Waals surface area (Å²) < 4.78 is 1.76. The highest BCUT2D eigenvalue weighted by Crippen LogP contribution is 2.29. The summed E-state index contributed by atoms with van der Waals surface area (Å²) in [4.78, 5) is 30.4. The molecule has 0 fully saturated rings. The van der Waals surface area contributed by atoms with Gasteiger partial charge in [-0.25, -0.2) is 9.67 Å². The number of carbonyl (C=O) groups excluding carboxylic acids is 2. The van der Waals surface area contributed by atoms with Gasteiger partial charge in [0.15, 0.2) is 12.4 Å². The Bertz CT molecular complexity index is 1560. The van der Waals surface area contributed by atoms with Crippen molar-refractivity contribution < 1.29 is 14.6 Å². The fraction of sp³-hybridized carbons (Fsp3) is 0.0345. The Balaban J connectivity index is 1.52. The Morgan fingerprint density at radius 2 is 1.82 bits per heavy atom. The summed E-state index contributed by atoms with van der Waals surface area (Å²) in [6.07, 6.45) is 7.09. The Hall–Kier alpha value is -4.53. The first kappa shape index (κ1) is 25.1. The molecule has 0 atom stereocenters. The Kier molecular flexibility index (Phi) is 7.73. The zero-order valence-corrected chi connectivity index (χ0v) is 21.7. The average Bonchev–Trinajstić information content (AvgIpc) is 3.63. The van der Waals surface area contributed by atoms with Crippen LogP contribution in [0.25, 0.3) is 22.3 Å². The van der Waals surface area contributed by atoms with Gasteiger partial charge in [0, 0.05) is 40.5 Å². The van der Waals surface area contributed by atoms with Crippen LogP contribution in [0.15, 0.2) is 109 Å². The number of benzene rings is 2. The number of nitrogens with one attached hydrogen (secondary N) is 3. The Labute approximate surface area is 228 Å². The molecular formula is C29H23ClN5O2S+. The van der Waals surface area contributed by atoms with E-state index in [0.29, 0.717) is 21.8 Å². The maximum atomic E-state index is 13.4. The van der Waals surface area contributed by atoms with Crippen LogP contribution in [0.1, 0.15) is 21.5 Å². The highest BCUT2D eigenvalue weighted by molar-refractivity contribution is 7.13. The monoisotopic (exact) mass is 540 g/mol. The van der Waals surface area contributed by atoms with Crippen LogP contribution in [-0.2, 0) is 11.3 Å². The third-order valence-corrected chi connectivity index (χ3v) is 6.77. The molecule has 0 spiro atoms. The van der Waals surface area contributed by atoms with Crippen LogP contribution < -0.4 is 15.6 Å². The second-order valence-electron chi connectivity index (χ2n) is 8.30. The maximum absolute atomic E-state index is 13.4. The first-order valence-corrected chi connectivity index (χ1v) is 13.0. The third kappa shape index (κ3) is 6.05. The maximum Gasteiger partial charge on any atom is 0.268 e. The van der Waals surface area contributed by atoms with Crippen molar-refractivity contribution in [3.63, 3.8) is 0 Å². The zero-order chi connectivity index (χ0) is 26.3. The molecule has 0 radical (unpaired) electrons. The van der Waals surface area contributed by atoms with Crippen LogP contribution in [0.5, 0.6) is 0 Å². The standard InChI is InChI=1S/C29H22ClN5O2S/c30-23-12-10-21(11-13-23)28(36)33-25(29(37)32-18-20-6-4-14-31-17-20)16-22-19-35(24-7-2-1-3-8-24)34-27(22)26-9-5-15-38-26/h1-17,19H,18H2,(H,32,37)(H,33,36)/p+1. The van der Waals surface area contributed by atoms with Gasteiger partial charge in [-0.1, -0.05) is 35.9 Å². The summed E-state index contributed by atoms with van der Waals surface area (Å²) in [5, 5.41) is 13.0. The molecule has 0 aliphatic heterocycles. The van der Waals surface area contributed by atoms with Crippen molar-refractivity contribution in [1.82, 2.24) is 20.4 Å². The smallest absolute Gasteiger partial charge is 0.268 e. The summed E-state index contributed by atoms with van der Waals surface area (Å²) in [5.74, 6) is -0.856. The number of rotatable bonds is 8. The number of aromatic amines is 1. The molecule has 2 amide bonds. The van der Waals surface area contributed by atoms with Crippen molar-refractivity contribution in [2.24, 2.45) is 0 Å². The molecule has 0 aliphatic carbocycles. The molecule has 2 aromatic carbocycles. The zero-order valence-electron chi connectivity index (χ0n) is 20.1. The molecular weight excluding hydrogens is 518 g/mol. The molecule has 0 saturated carbocycles. The van der Waals surface area contributed by atoms with Crippen molar-refractivity contribution in [2.45, 2.75) is 6.54 Å². The van der Waals surface area contributed by atoms with Gasteiger partial charge < -0.3 is 10.6 Å². The highest BCUT2D eigenvalue weighted by atomic mass is 35.5. The average molecular weight is 541 g/mol. The molecule has 0 aliphatic rings. The Morgan fingerprint density at radius 3 is 2.53 bits per heavy atom. The van der Waals surface area contributed by atoms with Gasteiger partial charge >= 0.3 is 0 Å². The summed E-state index contributed by atoms with van der Waals surface area (Å²) in [6.45, 7) is 0.283. The second-order valence-corrected chi connectivity index (χ2v) is 9.69. The van der Waals surface area contributed by atoms with E-state index in [1.54, 1.807) is 58.8 Å². The van der Waals surface area contributed by atoms with Crippen LogP contribution in [0.2, 0.25) is 5.02 Å². The quantitative estimate of drug-likeness (QED) is 0.266. The van der Waals surface area contributed by atoms with E-state index in [4.69, 9.17) is 16.7 Å². The Morgan fingerprint density at radius 1 is 1.00 bits per heavy atom. The number of para-hydroxylation sites is 1. The van der Waals surface area contributed by atoms with Gasteiger partial charge in [-0.15, -0.1) is 11.3 Å². The molecule has 9 heteroatoms. The summed E-state index contributed by atoms with van der Waals surface area (Å²) in [5.41, 5.74) is 3.62. The van der Waals surface area contributed by atoms with Crippen LogP contribution in [0.4, 0.5) is 0 Å². The number of hydrogen-bond donors (Lipinski definition) is 2. The number of aromatic nitrogens is 3. The number of halogens is 1. The summed E-state index contributed by atoms with van der Waals surface area (Å²) >= 11 is 7.53. The molecule has 7 nitrogen and oxygen atoms in total. The minimum absolute atomic E-state index is 0.0929. The fourth-order valence-electron chi connectivity index (χ4n) is 3.74. The largest absolute Gasteiger partial charge is 0.346 e. The van der Waals surface area contributed by atoms with Gasteiger partial charge in [0.1, 0.15) is 11.4 Å². The van der Waals surface area contributed by atoms with Crippen molar-refractivity contribution >= 4 is 40.8 Å². The van der Waals surface area contributed by atoms with E-state index in [-0.39, 0.29) is 12.2 Å². The minimum Gasteiger partial charge on any atom is -0.346 e. The van der Waals surface area contributed by atoms with E-state index in [0.717, 1.165) is 16.1 Å². The van der Waals surface area contributed by atoms with Crippen LogP contribution in [0, 0.1) is 0 Å². The SMILES string of the molecule is O=C(NCc1ccc[nH+]c1)C(=Cc1cn(-c2ccccc2)nc1-c1cccs1)NC(=O)c1ccc(Cl)cc1. The van der Waals surface area contributed by atoms with E-state index in [2.05, 4.69) is 15.6 Å². The lowest BCUT2D eigenvalue weighted by atomic mass is 10.1. The molecule has 3 aromatic heterocycles. The first-order valence-electron chi connectivity index (χ1n) is 11.8. The predicted molar refractivity (Wildman–Crippen MR) is 149 cm³/mol. The third-order valence-electron chi connectivity index (χ3n) is 5.64. The number of nitrogens with zero attached hydrogens (tertiary/aromatic N) is 2. The number of thiophene rings is 1. The highest BCUT2D eigenvalue weighted by Gasteiger charge is 2.18. The minimum atomic E-state index is -0.430. The molecule has 5 rings (SSSR count). The first-order chi connectivity index (χ1) is 18.6. The van der Waals surface area contributed by atoms with Gasteiger partial charge in [0.25, 0.3) is 11.8 Å². The van der Waals surface area contributed by atoms with Crippen LogP contribution >= 0.6 is 22.9 Å². The summed E-state index contributed by atoms with van der Waals surface area (Å²) in [7, 11) is 0. The lowest BCUT2D eigenvalue weighted by Crippen LogP contribution is -2.34. The fourth-order valence-corrected chi connectivity index (χ4v) is 4.60. The molecule has 3 heterocycles. The van der Waals surface area contributed by atoms with Crippen molar-refractivity contribution in [3.05, 3.63) is 130 Å². The van der Waals surface area contributed by atoms with E-state index in [9.17, 15) is 9.59 Å². The van der Waals surface area contributed by atoms with E-state index < -0.39 is 11.8 Å². The van der Waals surface area contributed by atoms with Crippen molar-refractivity contribution in [1.29, 1.82) is 0 Å². The van der Waals surface area contributed by atoms with E-state index >= 15 is 0 Å². The van der Waals surface area contributed by atoms with Gasteiger partial charge in [-0.3, -0.25) is 9.59 Å². The molecule has 188 valence electrons. The molecule has 38 heavy (non-hydrogen) atoms. The van der Waals surface area contributed by atoms with Crippen LogP contribution in [-0.4, -0.2) is 21.6 Å². The van der Waals surface area contributed by atoms with Gasteiger partial charge in [0.05, 0.1) is 10.6 Å². The normalized spacial score (nSPS) is 11.2. The molecule has 3 N–H and O–H groups in total. The number of carbonyl (C=O) groups is 2. The lowest BCUT2D eigenvalue weighted by Gasteiger charge is -2.11. The number of H-pyrrole nitrogens is 1. The number of pyridine rings is 1. The lowest BCUT2D eigenvalue weighted by molar-refractivity contribution is -0.378. The van der Waals surface area contributed by atoms with Crippen molar-refractivity contribution in [2.75, 3.05) is 0 Å². The van der Waals surface area contributed by atoms with Gasteiger partial charge in [0.2, 0.25) is 0 Å². The molecule has 5 aromatic rings. The van der Waals surface area contributed by atoms with Crippen LogP contribution in [0.3, 0.4) is 0 Å². The van der Waals surface area contributed by atoms with Crippen molar-refractivity contribution in [3.8, 4) is 16.3 Å². The predicted octanol–water partition coefficient (Wildman–Crippen LogP) is 5.16. The molecule has 0 unspecified atom stereocenters. The van der Waals surface area contributed by atoms with E-state index in [1.165, 1.54) is 0 Å². The molecule has 0 saturated heterocycles. The number of hydrogen-bond acceptors (Lipinski definition) is 4. The molecule has 0 bridgehead atoms.